The van der Waals surface area contributed by atoms with Crippen LogP contribution in [0.1, 0.15) is 24.8 Å². The van der Waals surface area contributed by atoms with Gasteiger partial charge in [-0.25, -0.2) is 0 Å². The Balaban J connectivity index is 2.16. The van der Waals surface area contributed by atoms with Crippen molar-refractivity contribution in [3.8, 4) is 0 Å². The van der Waals surface area contributed by atoms with Gasteiger partial charge in [0, 0.05) is 5.92 Å². The Labute approximate surface area is 115 Å². The molecule has 1 saturated carbocycles. The van der Waals surface area contributed by atoms with Gasteiger partial charge in [0.2, 0.25) is 5.91 Å². The molecule has 0 aromatic heterocycles. The van der Waals surface area contributed by atoms with Crippen molar-refractivity contribution in [1.29, 1.82) is 0 Å². The maximum Gasteiger partial charge on any atom is 0.418 e. The van der Waals surface area contributed by atoms with E-state index in [0.717, 1.165) is 18.9 Å². The Kier molecular flexibility index (Phi) is 4.32. The van der Waals surface area contributed by atoms with E-state index in [4.69, 9.17) is 5.73 Å². The SMILES string of the molecule is NCC1CCCC1C(=O)Nc1ccccc1C(F)(F)F. The molecular weight excluding hydrogens is 269 g/mol. The zero-order chi connectivity index (χ0) is 14.8. The summed E-state index contributed by atoms with van der Waals surface area (Å²) in [6.07, 6.45) is -2.05. The highest BCUT2D eigenvalue weighted by molar-refractivity contribution is 5.93. The van der Waals surface area contributed by atoms with Crippen molar-refractivity contribution in [3.05, 3.63) is 29.8 Å². The van der Waals surface area contributed by atoms with Crippen molar-refractivity contribution in [1.82, 2.24) is 0 Å². The first-order valence-electron chi connectivity index (χ1n) is 6.60. The van der Waals surface area contributed by atoms with Gasteiger partial charge >= 0.3 is 6.18 Å². The normalized spacial score (nSPS) is 22.8. The number of hydrogen-bond donors (Lipinski definition) is 2. The van der Waals surface area contributed by atoms with E-state index in [1.165, 1.54) is 18.2 Å². The molecule has 1 aliphatic rings. The average molecular weight is 286 g/mol. The fourth-order valence-corrected chi connectivity index (χ4v) is 2.73. The van der Waals surface area contributed by atoms with E-state index in [1.807, 2.05) is 0 Å². The molecule has 2 atom stereocenters. The molecule has 1 aromatic carbocycles. The first kappa shape index (κ1) is 14.8. The Morgan fingerprint density at radius 2 is 2.00 bits per heavy atom. The van der Waals surface area contributed by atoms with Crippen molar-refractivity contribution in [3.63, 3.8) is 0 Å². The van der Waals surface area contributed by atoms with Crippen LogP contribution in [0.4, 0.5) is 18.9 Å². The number of nitrogens with one attached hydrogen (secondary N) is 1. The van der Waals surface area contributed by atoms with Crippen molar-refractivity contribution in [2.24, 2.45) is 17.6 Å². The van der Waals surface area contributed by atoms with Crippen LogP contribution in [0, 0.1) is 11.8 Å². The molecule has 1 fully saturated rings. The van der Waals surface area contributed by atoms with Crippen LogP contribution >= 0.6 is 0 Å². The molecule has 0 heterocycles. The van der Waals surface area contributed by atoms with E-state index in [2.05, 4.69) is 5.32 Å². The van der Waals surface area contributed by atoms with Gasteiger partial charge in [0.25, 0.3) is 0 Å². The van der Waals surface area contributed by atoms with E-state index >= 15 is 0 Å². The number of benzene rings is 1. The summed E-state index contributed by atoms with van der Waals surface area (Å²) in [4.78, 5) is 12.1. The summed E-state index contributed by atoms with van der Waals surface area (Å²) in [5, 5.41) is 2.41. The molecule has 6 heteroatoms. The molecule has 0 spiro atoms. The lowest BCUT2D eigenvalue weighted by Gasteiger charge is -2.19. The largest absolute Gasteiger partial charge is 0.418 e. The molecular formula is C14H17F3N2O. The summed E-state index contributed by atoms with van der Waals surface area (Å²) in [5.74, 6) is -0.594. The second-order valence-corrected chi connectivity index (χ2v) is 5.07. The molecule has 110 valence electrons. The monoisotopic (exact) mass is 286 g/mol. The van der Waals surface area contributed by atoms with Gasteiger partial charge in [-0.05, 0) is 37.4 Å². The summed E-state index contributed by atoms with van der Waals surface area (Å²) in [5.41, 5.74) is 4.58. The number of halogens is 3. The maximum atomic E-state index is 12.8. The summed E-state index contributed by atoms with van der Waals surface area (Å²) < 4.78 is 38.5. The van der Waals surface area contributed by atoms with E-state index in [9.17, 15) is 18.0 Å². The van der Waals surface area contributed by atoms with Gasteiger partial charge in [0.1, 0.15) is 0 Å². The number of carbonyl (C=O) groups excluding carboxylic acids is 1. The van der Waals surface area contributed by atoms with Crippen LogP contribution in [0.15, 0.2) is 24.3 Å². The van der Waals surface area contributed by atoms with Crippen molar-refractivity contribution < 1.29 is 18.0 Å². The second kappa shape index (κ2) is 5.83. The van der Waals surface area contributed by atoms with Gasteiger partial charge in [-0.3, -0.25) is 4.79 Å². The fourth-order valence-electron chi connectivity index (χ4n) is 2.73. The van der Waals surface area contributed by atoms with Crippen molar-refractivity contribution >= 4 is 11.6 Å². The molecule has 0 radical (unpaired) electrons. The van der Waals surface area contributed by atoms with E-state index in [1.54, 1.807) is 0 Å². The van der Waals surface area contributed by atoms with Crippen molar-refractivity contribution in [2.45, 2.75) is 25.4 Å². The van der Waals surface area contributed by atoms with Crippen LogP contribution in [0.2, 0.25) is 0 Å². The minimum Gasteiger partial charge on any atom is -0.330 e. The van der Waals surface area contributed by atoms with E-state index in [0.29, 0.717) is 13.0 Å². The molecule has 0 aliphatic heterocycles. The van der Waals surface area contributed by atoms with Crippen LogP contribution in [0.5, 0.6) is 0 Å². The minimum absolute atomic E-state index is 0.0630. The van der Waals surface area contributed by atoms with E-state index in [-0.39, 0.29) is 23.4 Å². The molecule has 0 bridgehead atoms. The Morgan fingerprint density at radius 1 is 1.30 bits per heavy atom. The van der Waals surface area contributed by atoms with Crippen LogP contribution in [-0.4, -0.2) is 12.5 Å². The molecule has 1 aromatic rings. The summed E-state index contributed by atoms with van der Waals surface area (Å²) >= 11 is 0. The second-order valence-electron chi connectivity index (χ2n) is 5.07. The van der Waals surface area contributed by atoms with Gasteiger partial charge < -0.3 is 11.1 Å². The average Bonchev–Trinajstić information content (AvgIpc) is 2.86. The number of hydrogen-bond acceptors (Lipinski definition) is 2. The lowest BCUT2D eigenvalue weighted by molar-refractivity contribution is -0.137. The first-order chi connectivity index (χ1) is 9.43. The minimum atomic E-state index is -4.48. The smallest absolute Gasteiger partial charge is 0.330 e. The quantitative estimate of drug-likeness (QED) is 0.897. The van der Waals surface area contributed by atoms with Crippen LogP contribution in [-0.2, 0) is 11.0 Å². The first-order valence-corrected chi connectivity index (χ1v) is 6.60. The number of amides is 1. The Morgan fingerprint density at radius 3 is 2.65 bits per heavy atom. The molecule has 2 rings (SSSR count). The molecule has 3 nitrogen and oxygen atoms in total. The molecule has 20 heavy (non-hydrogen) atoms. The highest BCUT2D eigenvalue weighted by Gasteiger charge is 2.36. The zero-order valence-electron chi connectivity index (χ0n) is 10.9. The van der Waals surface area contributed by atoms with Gasteiger partial charge in [-0.15, -0.1) is 0 Å². The number of alkyl halides is 3. The summed E-state index contributed by atoms with van der Waals surface area (Å²) in [6.45, 7) is 0.388. The van der Waals surface area contributed by atoms with Crippen molar-refractivity contribution in [2.75, 3.05) is 11.9 Å². The maximum absolute atomic E-state index is 12.8. The fraction of sp³-hybridized carbons (Fsp3) is 0.500. The van der Waals surface area contributed by atoms with Crippen LogP contribution < -0.4 is 11.1 Å². The predicted octanol–water partition coefficient (Wildman–Crippen LogP) is 3.02. The molecule has 1 aliphatic carbocycles. The zero-order valence-corrected chi connectivity index (χ0v) is 10.9. The van der Waals surface area contributed by atoms with Gasteiger partial charge in [-0.2, -0.15) is 13.2 Å². The third-order valence-corrected chi connectivity index (χ3v) is 3.79. The summed E-state index contributed by atoms with van der Waals surface area (Å²) in [6, 6.07) is 5.01. The Bertz CT molecular complexity index is 488. The number of carbonyl (C=O) groups is 1. The number of para-hydroxylation sites is 1. The number of anilines is 1. The van der Waals surface area contributed by atoms with E-state index < -0.39 is 11.7 Å². The lowest BCUT2D eigenvalue weighted by atomic mass is 9.95. The Hall–Kier alpha value is -1.56. The lowest BCUT2D eigenvalue weighted by Crippen LogP contribution is -2.30. The van der Waals surface area contributed by atoms with Crippen LogP contribution in [0.3, 0.4) is 0 Å². The molecule has 3 N–H and O–H groups in total. The highest BCUT2D eigenvalue weighted by Crippen LogP contribution is 2.36. The predicted molar refractivity (Wildman–Crippen MR) is 70.0 cm³/mol. The standard InChI is InChI=1S/C14H17F3N2O/c15-14(16,17)11-6-1-2-7-12(11)19-13(20)10-5-3-4-9(10)8-18/h1-2,6-7,9-10H,3-5,8,18H2,(H,19,20). The third kappa shape index (κ3) is 3.12. The summed E-state index contributed by atoms with van der Waals surface area (Å²) in [7, 11) is 0. The van der Waals surface area contributed by atoms with Gasteiger partial charge in [0.05, 0.1) is 11.3 Å². The van der Waals surface area contributed by atoms with Gasteiger partial charge in [-0.1, -0.05) is 18.6 Å². The van der Waals surface area contributed by atoms with Crippen LogP contribution in [0.25, 0.3) is 0 Å². The van der Waals surface area contributed by atoms with Gasteiger partial charge in [0.15, 0.2) is 0 Å². The number of nitrogens with two attached hydrogens (primary N) is 1. The number of rotatable bonds is 3. The topological polar surface area (TPSA) is 55.1 Å². The molecule has 0 saturated heterocycles. The molecule has 1 amide bonds. The highest BCUT2D eigenvalue weighted by atomic mass is 19.4. The molecule has 2 unspecified atom stereocenters. The third-order valence-electron chi connectivity index (χ3n) is 3.79.